The third-order valence-corrected chi connectivity index (χ3v) is 2.82. The minimum absolute atomic E-state index is 0.545. The van der Waals surface area contributed by atoms with Gasteiger partial charge in [-0.25, -0.2) is 4.98 Å². The van der Waals surface area contributed by atoms with Gasteiger partial charge < -0.3 is 10.6 Å². The molecule has 4 heteroatoms. The molecule has 18 heavy (non-hydrogen) atoms. The molecule has 0 saturated heterocycles. The van der Waals surface area contributed by atoms with E-state index in [4.69, 9.17) is 5.73 Å². The molecule has 2 N–H and O–H groups in total. The van der Waals surface area contributed by atoms with Crippen molar-refractivity contribution in [2.45, 2.75) is 20.4 Å². The molecule has 0 aromatic carbocycles. The third-order valence-electron chi connectivity index (χ3n) is 2.82. The van der Waals surface area contributed by atoms with Gasteiger partial charge in [0.2, 0.25) is 0 Å². The summed E-state index contributed by atoms with van der Waals surface area (Å²) in [6, 6.07) is 9.89. The zero-order chi connectivity index (χ0) is 13.0. The highest BCUT2D eigenvalue weighted by Gasteiger charge is 2.06. The normalized spacial score (nSPS) is 10.3. The monoisotopic (exact) mass is 242 g/mol. The van der Waals surface area contributed by atoms with Crippen molar-refractivity contribution < 1.29 is 0 Å². The highest BCUT2D eigenvalue weighted by Crippen LogP contribution is 2.16. The number of pyridine rings is 2. The fraction of sp³-hybridized carbons (Fsp3) is 0.286. The highest BCUT2D eigenvalue weighted by atomic mass is 15.1. The second kappa shape index (κ2) is 5.49. The van der Waals surface area contributed by atoms with Crippen LogP contribution in [-0.2, 0) is 6.54 Å². The molecule has 0 spiro atoms. The number of anilines is 2. The van der Waals surface area contributed by atoms with Crippen molar-refractivity contribution in [1.29, 1.82) is 0 Å². The van der Waals surface area contributed by atoms with Gasteiger partial charge in [-0.05, 0) is 38.1 Å². The van der Waals surface area contributed by atoms with Crippen LogP contribution in [0.15, 0.2) is 36.5 Å². The van der Waals surface area contributed by atoms with Gasteiger partial charge in [0.05, 0.1) is 24.1 Å². The lowest BCUT2D eigenvalue weighted by molar-refractivity contribution is 0.803. The van der Waals surface area contributed by atoms with Crippen LogP contribution in [0.4, 0.5) is 11.5 Å². The molecule has 94 valence electrons. The maximum Gasteiger partial charge on any atom is 0.123 e. The molecule has 0 fully saturated rings. The Morgan fingerprint density at radius 2 is 2.06 bits per heavy atom. The molecular weight excluding hydrogens is 224 g/mol. The summed E-state index contributed by atoms with van der Waals surface area (Å²) >= 11 is 0. The quantitative estimate of drug-likeness (QED) is 0.894. The molecule has 4 nitrogen and oxygen atoms in total. The van der Waals surface area contributed by atoms with Crippen LogP contribution >= 0.6 is 0 Å². The zero-order valence-electron chi connectivity index (χ0n) is 10.8. The molecule has 0 aliphatic carbocycles. The molecule has 0 saturated carbocycles. The van der Waals surface area contributed by atoms with Gasteiger partial charge in [0.15, 0.2) is 0 Å². The summed E-state index contributed by atoms with van der Waals surface area (Å²) in [5.74, 6) is 0.545. The molecule has 2 heterocycles. The Labute approximate surface area is 107 Å². The van der Waals surface area contributed by atoms with E-state index in [-0.39, 0.29) is 0 Å². The van der Waals surface area contributed by atoms with Gasteiger partial charge >= 0.3 is 0 Å². The van der Waals surface area contributed by atoms with Crippen molar-refractivity contribution in [3.05, 3.63) is 47.9 Å². The average Bonchev–Trinajstić information content (AvgIpc) is 2.37. The summed E-state index contributed by atoms with van der Waals surface area (Å²) in [6.07, 6.45) is 1.80. The minimum atomic E-state index is 0.545. The van der Waals surface area contributed by atoms with Crippen LogP contribution in [0.25, 0.3) is 0 Å². The molecule has 0 bridgehead atoms. The predicted molar refractivity (Wildman–Crippen MR) is 74.3 cm³/mol. The van der Waals surface area contributed by atoms with Gasteiger partial charge in [-0.2, -0.15) is 0 Å². The minimum Gasteiger partial charge on any atom is -0.384 e. The van der Waals surface area contributed by atoms with Crippen LogP contribution in [0.3, 0.4) is 0 Å². The Bertz CT molecular complexity index is 507. The van der Waals surface area contributed by atoms with Crippen LogP contribution < -0.4 is 10.6 Å². The van der Waals surface area contributed by atoms with Gasteiger partial charge in [0.1, 0.15) is 5.82 Å². The lowest BCUT2D eigenvalue weighted by Crippen LogP contribution is -2.22. The third kappa shape index (κ3) is 2.97. The fourth-order valence-electron chi connectivity index (χ4n) is 1.85. The molecule has 2 aromatic rings. The van der Waals surface area contributed by atoms with Crippen LogP contribution in [0.1, 0.15) is 18.3 Å². The number of hydrogen-bond acceptors (Lipinski definition) is 4. The molecule has 2 rings (SSSR count). The van der Waals surface area contributed by atoms with E-state index in [2.05, 4.69) is 21.8 Å². The van der Waals surface area contributed by atoms with Gasteiger partial charge in [0, 0.05) is 12.2 Å². The second-order valence-electron chi connectivity index (χ2n) is 4.23. The molecule has 0 atom stereocenters. The van der Waals surface area contributed by atoms with Crippen LogP contribution in [-0.4, -0.2) is 16.5 Å². The standard InChI is InChI=1S/C14H18N4/c1-3-18(13-7-8-14(15)16-9-13)10-12-6-4-5-11(2)17-12/h4-9H,3,10H2,1-2H3,(H2,15,16). The largest absolute Gasteiger partial charge is 0.384 e. The number of aryl methyl sites for hydroxylation is 1. The highest BCUT2D eigenvalue weighted by molar-refractivity contribution is 5.48. The van der Waals surface area contributed by atoms with E-state index in [1.807, 2.05) is 37.3 Å². The van der Waals surface area contributed by atoms with Crippen molar-refractivity contribution >= 4 is 11.5 Å². The van der Waals surface area contributed by atoms with E-state index in [1.54, 1.807) is 6.20 Å². The SMILES string of the molecule is CCN(Cc1cccc(C)n1)c1ccc(N)nc1. The smallest absolute Gasteiger partial charge is 0.123 e. The van der Waals surface area contributed by atoms with Crippen molar-refractivity contribution in [3.8, 4) is 0 Å². The Kier molecular flexibility index (Phi) is 3.77. The Morgan fingerprint density at radius 1 is 1.22 bits per heavy atom. The van der Waals surface area contributed by atoms with E-state index in [1.165, 1.54) is 0 Å². The fourth-order valence-corrected chi connectivity index (χ4v) is 1.85. The summed E-state index contributed by atoms with van der Waals surface area (Å²) in [6.45, 7) is 5.81. The average molecular weight is 242 g/mol. The number of nitrogens with two attached hydrogens (primary N) is 1. The number of hydrogen-bond donors (Lipinski definition) is 1. The van der Waals surface area contributed by atoms with E-state index < -0.39 is 0 Å². The predicted octanol–water partition coefficient (Wildman–Crippen LogP) is 2.39. The molecule has 0 aliphatic heterocycles. The topological polar surface area (TPSA) is 55.0 Å². The van der Waals surface area contributed by atoms with Gasteiger partial charge in [-0.3, -0.25) is 4.98 Å². The van der Waals surface area contributed by atoms with Crippen molar-refractivity contribution in [3.63, 3.8) is 0 Å². The zero-order valence-corrected chi connectivity index (χ0v) is 10.8. The first-order valence-corrected chi connectivity index (χ1v) is 6.08. The molecule has 2 aromatic heterocycles. The summed E-state index contributed by atoms with van der Waals surface area (Å²) in [5, 5.41) is 0. The maximum absolute atomic E-state index is 5.60. The van der Waals surface area contributed by atoms with E-state index in [0.29, 0.717) is 5.82 Å². The summed E-state index contributed by atoms with van der Waals surface area (Å²) in [5.41, 5.74) is 8.77. The Morgan fingerprint density at radius 3 is 2.67 bits per heavy atom. The van der Waals surface area contributed by atoms with E-state index in [9.17, 15) is 0 Å². The molecule has 0 unspecified atom stereocenters. The van der Waals surface area contributed by atoms with Gasteiger partial charge in [0.25, 0.3) is 0 Å². The maximum atomic E-state index is 5.60. The number of nitrogen functional groups attached to an aromatic ring is 1. The Balaban J connectivity index is 2.17. The Hall–Kier alpha value is -2.10. The van der Waals surface area contributed by atoms with Crippen LogP contribution in [0.2, 0.25) is 0 Å². The van der Waals surface area contributed by atoms with Crippen molar-refractivity contribution in [2.75, 3.05) is 17.2 Å². The first kappa shape index (κ1) is 12.4. The number of rotatable bonds is 4. The van der Waals surface area contributed by atoms with Gasteiger partial charge in [-0.15, -0.1) is 0 Å². The molecule has 0 amide bonds. The molecule has 0 aliphatic rings. The summed E-state index contributed by atoms with van der Waals surface area (Å²) in [4.78, 5) is 10.9. The second-order valence-corrected chi connectivity index (χ2v) is 4.23. The van der Waals surface area contributed by atoms with Crippen LogP contribution in [0, 0.1) is 6.92 Å². The van der Waals surface area contributed by atoms with Crippen molar-refractivity contribution in [1.82, 2.24) is 9.97 Å². The van der Waals surface area contributed by atoms with Crippen LogP contribution in [0.5, 0.6) is 0 Å². The lowest BCUT2D eigenvalue weighted by atomic mass is 10.2. The number of aromatic nitrogens is 2. The number of nitrogens with zero attached hydrogens (tertiary/aromatic N) is 3. The molecular formula is C14H18N4. The summed E-state index contributed by atoms with van der Waals surface area (Å²) in [7, 11) is 0. The van der Waals surface area contributed by atoms with Gasteiger partial charge in [-0.1, -0.05) is 6.07 Å². The first-order valence-electron chi connectivity index (χ1n) is 6.08. The first-order chi connectivity index (χ1) is 8.69. The van der Waals surface area contributed by atoms with Crippen molar-refractivity contribution in [2.24, 2.45) is 0 Å². The summed E-state index contributed by atoms with van der Waals surface area (Å²) < 4.78 is 0. The lowest BCUT2D eigenvalue weighted by Gasteiger charge is -2.22. The van der Waals surface area contributed by atoms with E-state index in [0.717, 1.165) is 30.2 Å². The molecule has 0 radical (unpaired) electrons. The van der Waals surface area contributed by atoms with E-state index >= 15 is 0 Å².